The number of aromatic nitrogens is 4. The van der Waals surface area contributed by atoms with Crippen LogP contribution in [0.3, 0.4) is 0 Å². The van der Waals surface area contributed by atoms with Gasteiger partial charge in [0.15, 0.2) is 6.29 Å². The normalized spacial score (nSPS) is 15.2. The van der Waals surface area contributed by atoms with E-state index < -0.39 is 0 Å². The van der Waals surface area contributed by atoms with Gasteiger partial charge in [-0.25, -0.2) is 0 Å². The largest absolute Gasteiger partial charge is 0.388 e. The van der Waals surface area contributed by atoms with Crippen LogP contribution >= 0.6 is 0 Å². The van der Waals surface area contributed by atoms with Gasteiger partial charge in [0.05, 0.1) is 24.1 Å². The minimum Gasteiger partial charge on any atom is -0.388 e. The van der Waals surface area contributed by atoms with Crippen molar-refractivity contribution < 1.29 is 9.59 Å². The van der Waals surface area contributed by atoms with Gasteiger partial charge >= 0.3 is 0 Å². The predicted octanol–water partition coefficient (Wildman–Crippen LogP) is 4.07. The fourth-order valence-corrected chi connectivity index (χ4v) is 5.06. The number of nitrogens with zero attached hydrogens (tertiary/aromatic N) is 5. The summed E-state index contributed by atoms with van der Waals surface area (Å²) >= 11 is 0. The summed E-state index contributed by atoms with van der Waals surface area (Å²) < 4.78 is 3.74. The van der Waals surface area contributed by atoms with Crippen LogP contribution in [0.25, 0.3) is 5.57 Å². The van der Waals surface area contributed by atoms with Crippen LogP contribution in [0.15, 0.2) is 48.7 Å². The summed E-state index contributed by atoms with van der Waals surface area (Å²) in [7, 11) is 3.64. The van der Waals surface area contributed by atoms with Crippen LogP contribution in [0.4, 0.5) is 11.4 Å². The molecule has 0 spiro atoms. The Morgan fingerprint density at radius 3 is 2.54 bits per heavy atom. The third-order valence-corrected chi connectivity index (χ3v) is 7.35. The average Bonchev–Trinajstić information content (AvgIpc) is 3.60. The number of allylic oxidation sites excluding steroid dienone is 2. The molecule has 1 fully saturated rings. The first kappa shape index (κ1) is 28.1. The molecule has 10 heteroatoms. The molecule has 208 valence electrons. The van der Waals surface area contributed by atoms with Crippen LogP contribution in [0.1, 0.15) is 67.6 Å². The van der Waals surface area contributed by atoms with Crippen LogP contribution < -0.4 is 16.0 Å². The highest BCUT2D eigenvalue weighted by Crippen LogP contribution is 2.29. The number of hydrogen-bond acceptors (Lipinski definition) is 7. The van der Waals surface area contributed by atoms with Crippen LogP contribution in [0.2, 0.25) is 0 Å². The molecule has 2 aromatic heterocycles. The summed E-state index contributed by atoms with van der Waals surface area (Å²) in [6.45, 7) is 8.99. The Morgan fingerprint density at radius 2 is 1.92 bits per heavy atom. The molecule has 0 saturated carbocycles. The van der Waals surface area contributed by atoms with E-state index in [0.717, 1.165) is 54.9 Å². The molecule has 1 aromatic carbocycles. The molecule has 0 aliphatic carbocycles. The second-order valence-electron chi connectivity index (χ2n) is 10.3. The molecule has 0 atom stereocenters. The number of hydrogen-bond donors (Lipinski definition) is 3. The molecular formula is C29H40N8O2. The van der Waals surface area contributed by atoms with Crippen molar-refractivity contribution in [1.29, 1.82) is 0 Å². The smallest absolute Gasteiger partial charge is 0.251 e. The van der Waals surface area contributed by atoms with Crippen molar-refractivity contribution in [1.82, 2.24) is 29.8 Å². The van der Waals surface area contributed by atoms with E-state index in [-0.39, 0.29) is 5.91 Å². The molecule has 4 rings (SSSR count). The highest BCUT2D eigenvalue weighted by atomic mass is 16.1. The monoisotopic (exact) mass is 532 g/mol. The lowest BCUT2D eigenvalue weighted by atomic mass is 9.98. The van der Waals surface area contributed by atoms with Gasteiger partial charge in [-0.3, -0.25) is 19.0 Å². The van der Waals surface area contributed by atoms with Crippen molar-refractivity contribution in [2.24, 2.45) is 7.05 Å². The Morgan fingerprint density at radius 1 is 1.15 bits per heavy atom. The minimum atomic E-state index is -0.219. The molecule has 3 heterocycles. The maximum Gasteiger partial charge on any atom is 0.251 e. The van der Waals surface area contributed by atoms with Gasteiger partial charge in [0.2, 0.25) is 0 Å². The van der Waals surface area contributed by atoms with Gasteiger partial charge in [0, 0.05) is 85.8 Å². The Bertz CT molecular complexity index is 1310. The fourth-order valence-electron chi connectivity index (χ4n) is 5.06. The van der Waals surface area contributed by atoms with Gasteiger partial charge in [-0.2, -0.15) is 10.2 Å². The van der Waals surface area contributed by atoms with Gasteiger partial charge in [-0.1, -0.05) is 6.92 Å². The van der Waals surface area contributed by atoms with E-state index in [2.05, 4.69) is 44.9 Å². The number of carbonyl (C=O) groups excluding carboxylic acids is 2. The molecule has 3 N–H and O–H groups in total. The number of carbonyl (C=O) groups is 2. The molecule has 0 unspecified atom stereocenters. The van der Waals surface area contributed by atoms with Gasteiger partial charge in [0.25, 0.3) is 5.91 Å². The quantitative estimate of drug-likeness (QED) is 0.252. The number of nitrogens with one attached hydrogen (secondary N) is 3. The fraction of sp³-hybridized carbons (Fsp3) is 0.448. The summed E-state index contributed by atoms with van der Waals surface area (Å²) in [5.41, 5.74) is 4.93. The van der Waals surface area contributed by atoms with E-state index in [1.54, 1.807) is 30.1 Å². The van der Waals surface area contributed by atoms with Crippen LogP contribution in [0.5, 0.6) is 0 Å². The molecule has 39 heavy (non-hydrogen) atoms. The SMILES string of the molecule is CC/C(Nc1cnn(C2CCN(C(C)C)CC2)c1)=C(/C=O)c1cc(C(=O)NCc2cnn(C)c2)ccc1NC. The number of amides is 1. The topological polar surface area (TPSA) is 109 Å². The predicted molar refractivity (Wildman–Crippen MR) is 154 cm³/mol. The highest BCUT2D eigenvalue weighted by molar-refractivity contribution is 6.12. The summed E-state index contributed by atoms with van der Waals surface area (Å²) in [6, 6.07) is 6.27. The summed E-state index contributed by atoms with van der Waals surface area (Å²) in [6.07, 6.45) is 11.0. The van der Waals surface area contributed by atoms with Crippen molar-refractivity contribution in [2.45, 2.75) is 58.7 Å². The van der Waals surface area contributed by atoms with Crippen molar-refractivity contribution in [2.75, 3.05) is 30.8 Å². The number of benzene rings is 1. The molecule has 1 saturated heterocycles. The third-order valence-electron chi connectivity index (χ3n) is 7.35. The second-order valence-corrected chi connectivity index (χ2v) is 10.3. The Labute approximate surface area is 230 Å². The maximum atomic E-state index is 12.9. The Kier molecular flexibility index (Phi) is 9.19. The van der Waals surface area contributed by atoms with Crippen molar-refractivity contribution in [3.8, 4) is 0 Å². The first-order valence-electron chi connectivity index (χ1n) is 13.6. The Balaban J connectivity index is 1.53. The van der Waals surface area contributed by atoms with E-state index in [4.69, 9.17) is 0 Å². The van der Waals surface area contributed by atoms with Crippen molar-refractivity contribution in [3.63, 3.8) is 0 Å². The first-order chi connectivity index (χ1) is 18.8. The van der Waals surface area contributed by atoms with E-state index in [1.165, 1.54) is 0 Å². The van der Waals surface area contributed by atoms with Crippen LogP contribution in [0, 0.1) is 0 Å². The van der Waals surface area contributed by atoms with Crippen LogP contribution in [-0.4, -0.2) is 62.8 Å². The van der Waals surface area contributed by atoms with Crippen molar-refractivity contribution >= 4 is 29.1 Å². The maximum absolute atomic E-state index is 12.9. The number of aldehydes is 1. The lowest BCUT2D eigenvalue weighted by Crippen LogP contribution is -2.39. The highest BCUT2D eigenvalue weighted by Gasteiger charge is 2.23. The molecule has 0 bridgehead atoms. The first-order valence-corrected chi connectivity index (χ1v) is 13.6. The van der Waals surface area contributed by atoms with E-state index in [0.29, 0.717) is 41.7 Å². The van der Waals surface area contributed by atoms with Gasteiger partial charge in [0.1, 0.15) is 0 Å². The zero-order valence-corrected chi connectivity index (χ0v) is 23.6. The van der Waals surface area contributed by atoms with Crippen molar-refractivity contribution in [3.05, 3.63) is 65.4 Å². The molecule has 0 radical (unpaired) electrons. The average molecular weight is 533 g/mol. The zero-order valence-electron chi connectivity index (χ0n) is 23.6. The number of likely N-dealkylation sites (tertiary alicyclic amines) is 1. The number of aryl methyl sites for hydroxylation is 1. The van der Waals surface area contributed by atoms with E-state index in [9.17, 15) is 9.59 Å². The number of piperidine rings is 1. The number of rotatable bonds is 11. The summed E-state index contributed by atoms with van der Waals surface area (Å²) in [4.78, 5) is 27.9. The summed E-state index contributed by atoms with van der Waals surface area (Å²) in [5, 5.41) is 18.3. The molecular weight excluding hydrogens is 492 g/mol. The van der Waals surface area contributed by atoms with Crippen LogP contribution in [-0.2, 0) is 18.4 Å². The molecule has 3 aromatic rings. The third kappa shape index (κ3) is 6.75. The van der Waals surface area contributed by atoms with E-state index >= 15 is 0 Å². The zero-order chi connectivity index (χ0) is 27.9. The number of anilines is 2. The lowest BCUT2D eigenvalue weighted by molar-refractivity contribution is -0.103. The van der Waals surface area contributed by atoms with Gasteiger partial charge in [-0.15, -0.1) is 0 Å². The second kappa shape index (κ2) is 12.8. The van der Waals surface area contributed by atoms with Gasteiger partial charge < -0.3 is 20.9 Å². The molecule has 1 aliphatic rings. The minimum absolute atomic E-state index is 0.219. The standard InChI is InChI=1S/C29H40N8O2/c1-6-27(34-23-16-33-37(18-23)24-9-11-36(12-10-24)20(2)3)26(19-38)25-13-22(7-8-28(25)30-4)29(39)31-14-21-15-32-35(5)17-21/h7-8,13,15-20,24,30,34H,6,9-12,14H2,1-5H3,(H,31,39)/b27-26+. The lowest BCUT2D eigenvalue weighted by Gasteiger charge is -2.34. The molecule has 1 aliphatic heterocycles. The van der Waals surface area contributed by atoms with E-state index in [1.807, 2.05) is 43.3 Å². The summed E-state index contributed by atoms with van der Waals surface area (Å²) in [5.74, 6) is -0.219. The van der Waals surface area contributed by atoms with Gasteiger partial charge in [-0.05, 0) is 51.3 Å². The Hall–Kier alpha value is -3.92. The molecule has 1 amide bonds. The molecule has 10 nitrogen and oxygen atoms in total.